The van der Waals surface area contributed by atoms with E-state index >= 15 is 0 Å². The third-order valence-electron chi connectivity index (χ3n) is 2.79. The van der Waals surface area contributed by atoms with Crippen LogP contribution in [-0.4, -0.2) is 68.9 Å². The van der Waals surface area contributed by atoms with Gasteiger partial charge in [-0.25, -0.2) is 13.7 Å². The zero-order chi connectivity index (χ0) is 25.2. The molecule has 0 fully saturated rings. The number of phosphoric ester groups is 1. The van der Waals surface area contributed by atoms with Crippen LogP contribution in [0.5, 0.6) is 5.88 Å². The van der Waals surface area contributed by atoms with E-state index in [2.05, 4.69) is 33.2 Å². The van der Waals surface area contributed by atoms with Crippen LogP contribution in [0.3, 0.4) is 0 Å². The van der Waals surface area contributed by atoms with E-state index in [9.17, 15) is 13.7 Å². The first kappa shape index (κ1) is 30.9. The molecule has 17 nitrogen and oxygen atoms in total. The summed E-state index contributed by atoms with van der Waals surface area (Å²) in [6, 6.07) is 0. The Hall–Kier alpha value is -1.06. The molecular weight excluding hydrogens is 523 g/mol. The van der Waals surface area contributed by atoms with Crippen LogP contribution < -0.4 is 21.5 Å². The number of phosphoric acid groups is 3. The second-order valence-electron chi connectivity index (χ2n) is 5.23. The molecule has 0 aromatic carbocycles. The maximum Gasteiger partial charge on any atom is 0.490 e. The van der Waals surface area contributed by atoms with Crippen molar-refractivity contribution in [2.24, 2.45) is 0 Å². The summed E-state index contributed by atoms with van der Waals surface area (Å²) in [5, 5.41) is 2.80. The Morgan fingerprint density at radius 3 is 2.12 bits per heavy atom. The number of nitrogens with two attached hydrogens (primary N) is 2. The Balaban J connectivity index is 0.000000641. The molecule has 0 aliphatic rings. The summed E-state index contributed by atoms with van der Waals surface area (Å²) in [6.07, 6.45) is -0.800. The summed E-state index contributed by atoms with van der Waals surface area (Å²) in [5.41, 5.74) is 11.5. The van der Waals surface area contributed by atoms with E-state index in [0.717, 1.165) is 0 Å². The van der Waals surface area contributed by atoms with Crippen molar-refractivity contribution in [3.8, 4) is 5.88 Å². The van der Waals surface area contributed by atoms with Gasteiger partial charge < -0.3 is 45.8 Å². The van der Waals surface area contributed by atoms with Crippen LogP contribution in [0.1, 0.15) is 6.92 Å². The van der Waals surface area contributed by atoms with Crippen LogP contribution >= 0.6 is 35.1 Å². The average Bonchev–Trinajstić information content (AvgIpc) is 2.63. The number of hydrogen-bond acceptors (Lipinski definition) is 13. The highest BCUT2D eigenvalue weighted by Gasteiger charge is 2.40. The SMILES string of the molecule is CCOc1nc(N)nc(NC)c1N.COC(CCl)COP(=O)(O)OP(=O)(O)OP(=O)(O)O. The smallest absolute Gasteiger partial charge is 0.476 e. The predicted octanol–water partition coefficient (Wildman–Crippen LogP) is 0.665. The second-order valence-corrected chi connectivity index (χ2v) is 9.96. The van der Waals surface area contributed by atoms with E-state index in [1.165, 1.54) is 7.11 Å². The molecule has 3 unspecified atom stereocenters. The van der Waals surface area contributed by atoms with Gasteiger partial charge in [-0.15, -0.1) is 11.6 Å². The Morgan fingerprint density at radius 1 is 1.09 bits per heavy atom. The lowest BCUT2D eigenvalue weighted by atomic mass is 10.4. The van der Waals surface area contributed by atoms with E-state index in [1.807, 2.05) is 6.92 Å². The largest absolute Gasteiger partial charge is 0.490 e. The minimum Gasteiger partial charge on any atom is -0.476 e. The van der Waals surface area contributed by atoms with Crippen molar-refractivity contribution < 1.29 is 55.9 Å². The first-order valence-corrected chi connectivity index (χ1v) is 13.3. The molecule has 0 saturated carbocycles. The zero-order valence-corrected chi connectivity index (χ0v) is 20.5. The van der Waals surface area contributed by atoms with Crippen LogP contribution in [0.2, 0.25) is 0 Å². The van der Waals surface area contributed by atoms with Crippen LogP contribution in [-0.2, 0) is 31.6 Å². The summed E-state index contributed by atoms with van der Waals surface area (Å²) in [4.78, 5) is 42.1. The minimum atomic E-state index is -5.49. The number of aromatic nitrogens is 2. The van der Waals surface area contributed by atoms with Crippen molar-refractivity contribution in [3.63, 3.8) is 0 Å². The second kappa shape index (κ2) is 13.6. The summed E-state index contributed by atoms with van der Waals surface area (Å²) in [7, 11) is -13.1. The molecule has 1 aromatic rings. The van der Waals surface area contributed by atoms with Crippen LogP contribution in [0.25, 0.3) is 0 Å². The van der Waals surface area contributed by atoms with Gasteiger partial charge in [0.25, 0.3) is 0 Å². The number of nitrogens with one attached hydrogen (secondary N) is 1. The van der Waals surface area contributed by atoms with Crippen molar-refractivity contribution in [2.75, 3.05) is 50.0 Å². The first-order chi connectivity index (χ1) is 14.6. The van der Waals surface area contributed by atoms with Crippen molar-refractivity contribution >= 4 is 52.5 Å². The van der Waals surface area contributed by atoms with Gasteiger partial charge in [0, 0.05) is 14.2 Å². The molecule has 0 spiro atoms. The number of nitrogens with zero attached hydrogens (tertiary/aromatic N) is 2. The summed E-state index contributed by atoms with van der Waals surface area (Å²) < 4.78 is 53.5. The normalized spacial score (nSPS) is 16.1. The topological polar surface area (TPSA) is 268 Å². The Bertz CT molecular complexity index is 869. The van der Waals surface area contributed by atoms with E-state index in [1.54, 1.807) is 7.05 Å². The molecule has 3 atom stereocenters. The molecule has 1 aromatic heterocycles. The van der Waals surface area contributed by atoms with Crippen LogP contribution in [0.15, 0.2) is 0 Å². The average molecular weight is 548 g/mol. The van der Waals surface area contributed by atoms with E-state index in [4.69, 9.17) is 47.4 Å². The lowest BCUT2D eigenvalue weighted by Crippen LogP contribution is -2.19. The number of alkyl halides is 1. The van der Waals surface area contributed by atoms with Crippen molar-refractivity contribution in [2.45, 2.75) is 13.0 Å². The maximum absolute atomic E-state index is 11.2. The fourth-order valence-electron chi connectivity index (χ4n) is 1.56. The summed E-state index contributed by atoms with van der Waals surface area (Å²) >= 11 is 5.37. The lowest BCUT2D eigenvalue weighted by Gasteiger charge is -2.18. The van der Waals surface area contributed by atoms with E-state index in [-0.39, 0.29) is 11.8 Å². The molecule has 188 valence electrons. The van der Waals surface area contributed by atoms with Gasteiger partial charge in [-0.3, -0.25) is 4.52 Å². The molecule has 32 heavy (non-hydrogen) atoms. The van der Waals surface area contributed by atoms with Crippen LogP contribution in [0.4, 0.5) is 17.5 Å². The zero-order valence-electron chi connectivity index (χ0n) is 17.0. The van der Waals surface area contributed by atoms with Crippen molar-refractivity contribution in [1.82, 2.24) is 9.97 Å². The number of halogens is 1. The minimum absolute atomic E-state index is 0.105. The highest BCUT2D eigenvalue weighted by Crippen LogP contribution is 2.66. The molecule has 0 aliphatic heterocycles. The van der Waals surface area contributed by atoms with E-state index in [0.29, 0.717) is 24.0 Å². The van der Waals surface area contributed by atoms with Crippen molar-refractivity contribution in [1.29, 1.82) is 0 Å². The molecular formula is C11H25ClN5O12P3. The van der Waals surface area contributed by atoms with Gasteiger partial charge in [0.2, 0.25) is 11.8 Å². The third kappa shape index (κ3) is 12.8. The fraction of sp³-hybridized carbons (Fsp3) is 0.636. The van der Waals surface area contributed by atoms with Gasteiger partial charge in [-0.1, -0.05) is 0 Å². The standard InChI is InChI=1S/C7H13N5O.C4H12ClO11P3/c1-3-13-6-4(8)5(10-2)11-7(9)12-6;1-13-4(2-5)3-14-18(9,10)16-19(11,12)15-17(6,7)8/h3,8H2,1-2H3,(H3,9,10,11,12);4H,2-3H2,1H3,(H,9,10)(H,11,12)(H2,6,7,8). The Labute approximate surface area is 187 Å². The molecule has 0 amide bonds. The summed E-state index contributed by atoms with van der Waals surface area (Å²) in [5.74, 6) is 0.837. The maximum atomic E-state index is 11.2. The van der Waals surface area contributed by atoms with Gasteiger partial charge in [0.15, 0.2) is 5.82 Å². The number of hydrogen-bond donors (Lipinski definition) is 7. The number of rotatable bonds is 12. The molecule has 0 saturated heterocycles. The van der Waals surface area contributed by atoms with Gasteiger partial charge in [-0.2, -0.15) is 18.6 Å². The molecule has 0 radical (unpaired) electrons. The van der Waals surface area contributed by atoms with Gasteiger partial charge in [0.1, 0.15) is 5.69 Å². The fourth-order valence-corrected chi connectivity index (χ4v) is 4.82. The third-order valence-corrected chi connectivity index (χ3v) is 6.94. The number of anilines is 3. The predicted molar refractivity (Wildman–Crippen MR) is 113 cm³/mol. The number of ether oxygens (including phenoxy) is 2. The number of nitrogen functional groups attached to an aromatic ring is 2. The molecule has 9 N–H and O–H groups in total. The van der Waals surface area contributed by atoms with Crippen LogP contribution in [0, 0.1) is 0 Å². The van der Waals surface area contributed by atoms with Gasteiger partial charge >= 0.3 is 23.5 Å². The van der Waals surface area contributed by atoms with E-state index < -0.39 is 36.2 Å². The summed E-state index contributed by atoms with van der Waals surface area (Å²) in [6.45, 7) is 1.77. The highest BCUT2D eigenvalue weighted by molar-refractivity contribution is 7.66. The first-order valence-electron chi connectivity index (χ1n) is 8.20. The highest BCUT2D eigenvalue weighted by atomic mass is 35.5. The molecule has 1 rings (SSSR count). The lowest BCUT2D eigenvalue weighted by molar-refractivity contribution is 0.0590. The van der Waals surface area contributed by atoms with Gasteiger partial charge in [-0.05, 0) is 6.92 Å². The quantitative estimate of drug-likeness (QED) is 0.140. The molecule has 0 bridgehead atoms. The molecule has 21 heteroatoms. The Morgan fingerprint density at radius 2 is 1.69 bits per heavy atom. The number of methoxy groups -OCH3 is 1. The molecule has 0 aliphatic carbocycles. The Kier molecular flexibility index (Phi) is 13.1. The monoisotopic (exact) mass is 547 g/mol. The molecule has 1 heterocycles. The van der Waals surface area contributed by atoms with Crippen molar-refractivity contribution in [3.05, 3.63) is 0 Å². The van der Waals surface area contributed by atoms with Gasteiger partial charge in [0.05, 0.1) is 25.2 Å².